The summed E-state index contributed by atoms with van der Waals surface area (Å²) < 4.78 is 0. The van der Waals surface area contributed by atoms with Crippen LogP contribution < -0.4 is 207 Å². The molecule has 0 saturated heterocycles. The van der Waals surface area contributed by atoms with E-state index in [4.69, 9.17) is 0 Å². The molecule has 0 aromatic heterocycles. The van der Waals surface area contributed by atoms with E-state index < -0.39 is 0 Å². The van der Waals surface area contributed by atoms with E-state index in [-0.39, 0.29) is 279 Å². The molecule has 8 heavy (non-hydrogen) atoms. The molecule has 0 unspecified atom stereocenters. The summed E-state index contributed by atoms with van der Waals surface area (Å²) in [5.41, 5.74) is 0. The molecule has 0 spiro atoms. The third kappa shape index (κ3) is 36.8. The molecule has 0 heterocycles. The Bertz CT molecular complexity index is 11.2. The molecule has 0 aliphatic carbocycles. The summed E-state index contributed by atoms with van der Waals surface area (Å²) in [4.78, 5) is 0. The molecule has 0 N–H and O–H groups in total. The first-order chi connectivity index (χ1) is 0. The molecule has 37 valence electrons. The quantitative estimate of drug-likeness (QED) is 0.269. The summed E-state index contributed by atoms with van der Waals surface area (Å²) in [6, 6.07) is 0. The zero-order valence-electron chi connectivity index (χ0n) is 5.08. The predicted molar refractivity (Wildman–Crippen MR) is 29.5 cm³/mol. The van der Waals surface area contributed by atoms with Gasteiger partial charge in [-0.05, 0) is 0 Å². The van der Waals surface area contributed by atoms with E-state index in [0.29, 0.717) is 0 Å². The largest absolute Gasteiger partial charge is 2.00 e. The Labute approximate surface area is 268 Å². The third-order valence-electron chi connectivity index (χ3n) is 0. The molecule has 8 heteroatoms. The zero-order chi connectivity index (χ0) is 0. The smallest absolute Gasteiger partial charge is 1.00 e. The maximum Gasteiger partial charge on any atom is 1.00 e. The minimum atomic E-state index is 0. The number of hydrogen-bond donors (Lipinski definition) is 0. The molecule has 0 rings (SSSR count). The van der Waals surface area contributed by atoms with Gasteiger partial charge in [0.1, 0.15) is 0 Å². The van der Waals surface area contributed by atoms with Crippen molar-refractivity contribution in [1.29, 1.82) is 0 Å². The van der Waals surface area contributed by atoms with E-state index in [1.807, 2.05) is 0 Å². The van der Waals surface area contributed by atoms with Gasteiger partial charge in [0.25, 0.3) is 0 Å². The Kier molecular flexibility index (Phi) is 319. The molecule has 0 aliphatic rings. The molecule has 0 fully saturated rings. The molecule has 0 aromatic carbocycles. The average Bonchev–Trinajstić information content (AvgIpc) is 0. The number of hydrogen-bond acceptors (Lipinski definition) is 0. The topological polar surface area (TPSA) is 0 Å². The van der Waals surface area contributed by atoms with Crippen LogP contribution in [0, 0.1) is 0 Å². The number of rotatable bonds is 0. The first-order valence-corrected chi connectivity index (χ1v) is 0. The van der Waals surface area contributed by atoms with Crippen molar-refractivity contribution < 1.29 is 225 Å². The standard InChI is InChI=1S/3Cs.4S.V/q3*+1;4*-2;. The van der Waals surface area contributed by atoms with Gasteiger partial charge in [-0.3, -0.25) is 0 Å². The Morgan fingerprint density at radius 2 is 0.375 bits per heavy atom. The molecule has 0 bridgehead atoms. The van der Waals surface area contributed by atoms with E-state index in [2.05, 4.69) is 0 Å². The summed E-state index contributed by atoms with van der Waals surface area (Å²) in [6.45, 7) is 0. The van der Waals surface area contributed by atoms with Crippen LogP contribution in [0.15, 0.2) is 0 Å². The van der Waals surface area contributed by atoms with Gasteiger partial charge in [0.2, 0.25) is 0 Å². The van der Waals surface area contributed by atoms with E-state index in [9.17, 15) is 0 Å². The monoisotopic (exact) mass is 578 g/mol. The van der Waals surface area contributed by atoms with Crippen LogP contribution >= 0.6 is 0 Å². The van der Waals surface area contributed by atoms with Gasteiger partial charge >= 0.3 is 207 Å². The second-order valence-electron chi connectivity index (χ2n) is 0. The second kappa shape index (κ2) is 45.7. The van der Waals surface area contributed by atoms with Crippen LogP contribution in [0.5, 0.6) is 0 Å². The minimum Gasteiger partial charge on any atom is -2.00 e. The van der Waals surface area contributed by atoms with Crippen molar-refractivity contribution >= 4 is 54.0 Å². The van der Waals surface area contributed by atoms with Gasteiger partial charge in [0.05, 0.1) is 0 Å². The van der Waals surface area contributed by atoms with E-state index >= 15 is 0 Å². The van der Waals surface area contributed by atoms with Gasteiger partial charge in [0, 0.05) is 18.6 Å². The SMILES string of the molecule is [Cs+].[Cs+].[Cs+].[S-2].[S-2].[S-2].[S-2].[V]. The van der Waals surface area contributed by atoms with Crippen molar-refractivity contribution in [2.45, 2.75) is 0 Å². The Hall–Kier alpha value is 8.14. The summed E-state index contributed by atoms with van der Waals surface area (Å²) >= 11 is 0. The van der Waals surface area contributed by atoms with E-state index in [1.54, 1.807) is 0 Å². The zero-order valence-corrected chi connectivity index (χ0v) is 28.6. The minimum absolute atomic E-state index is 0. The Balaban J connectivity index is 0. The summed E-state index contributed by atoms with van der Waals surface area (Å²) in [7, 11) is 0. The Morgan fingerprint density at radius 1 is 0.375 bits per heavy atom. The summed E-state index contributed by atoms with van der Waals surface area (Å²) in [6.07, 6.45) is 0. The van der Waals surface area contributed by atoms with Gasteiger partial charge < -0.3 is 54.0 Å². The normalized spacial score (nSPS) is 0. The van der Waals surface area contributed by atoms with Crippen LogP contribution in [0.25, 0.3) is 0 Å². The van der Waals surface area contributed by atoms with E-state index in [1.165, 1.54) is 0 Å². The van der Waals surface area contributed by atoms with Crippen LogP contribution in [0.4, 0.5) is 0 Å². The molecule has 0 atom stereocenters. The molecule has 0 saturated carbocycles. The molecular weight excluding hydrogens is 578 g/mol. The van der Waals surface area contributed by atoms with Crippen LogP contribution in [0.1, 0.15) is 0 Å². The van der Waals surface area contributed by atoms with Crippen LogP contribution in [-0.4, -0.2) is 0 Å². The molecule has 1 radical (unpaired) electrons. The van der Waals surface area contributed by atoms with Gasteiger partial charge in [-0.2, -0.15) is 0 Å². The second-order valence-corrected chi connectivity index (χ2v) is 0. The molecular formula is Cs3S4V-5. The van der Waals surface area contributed by atoms with Crippen molar-refractivity contribution in [3.05, 3.63) is 0 Å². The first-order valence-electron chi connectivity index (χ1n) is 0. The average molecular weight is 578 g/mol. The summed E-state index contributed by atoms with van der Waals surface area (Å²) in [5.74, 6) is 0. The van der Waals surface area contributed by atoms with Gasteiger partial charge in [-0.15, -0.1) is 0 Å². The van der Waals surface area contributed by atoms with Gasteiger partial charge in [-0.25, -0.2) is 0 Å². The Morgan fingerprint density at radius 3 is 0.375 bits per heavy atom. The summed E-state index contributed by atoms with van der Waals surface area (Å²) in [5, 5.41) is 0. The fourth-order valence-electron chi connectivity index (χ4n) is 0. The predicted octanol–water partition coefficient (Wildman–Crippen LogP) is -9.00. The van der Waals surface area contributed by atoms with Crippen molar-refractivity contribution in [3.63, 3.8) is 0 Å². The van der Waals surface area contributed by atoms with Gasteiger partial charge in [0.15, 0.2) is 0 Å². The fourth-order valence-corrected chi connectivity index (χ4v) is 0. The third-order valence-corrected chi connectivity index (χ3v) is 0. The molecule has 0 aliphatic heterocycles. The van der Waals surface area contributed by atoms with Crippen molar-refractivity contribution in [1.82, 2.24) is 0 Å². The van der Waals surface area contributed by atoms with E-state index in [0.717, 1.165) is 0 Å². The fraction of sp³-hybridized carbons (Fsp3) is 0. The van der Waals surface area contributed by atoms with Gasteiger partial charge in [-0.1, -0.05) is 0 Å². The molecule has 0 nitrogen and oxygen atoms in total. The molecule has 0 aromatic rings. The molecule has 0 amide bonds. The van der Waals surface area contributed by atoms with Crippen LogP contribution in [0.2, 0.25) is 0 Å². The first kappa shape index (κ1) is 55.8. The van der Waals surface area contributed by atoms with Crippen LogP contribution in [0.3, 0.4) is 0 Å². The maximum absolute atomic E-state index is 0. The maximum atomic E-state index is 0. The van der Waals surface area contributed by atoms with Crippen molar-refractivity contribution in [3.8, 4) is 0 Å². The van der Waals surface area contributed by atoms with Crippen LogP contribution in [-0.2, 0) is 72.5 Å². The van der Waals surface area contributed by atoms with Crippen molar-refractivity contribution in [2.24, 2.45) is 0 Å². The van der Waals surface area contributed by atoms with Crippen molar-refractivity contribution in [2.75, 3.05) is 0 Å².